The number of benzene rings is 1. The van der Waals surface area contributed by atoms with Crippen LogP contribution in [0.15, 0.2) is 22.7 Å². The molecule has 0 radical (unpaired) electrons. The number of hydrogen-bond donors (Lipinski definition) is 0. The monoisotopic (exact) mass is 380 g/mol. The third-order valence-electron chi connectivity index (χ3n) is 2.45. The molecule has 0 aliphatic rings. The van der Waals surface area contributed by atoms with Gasteiger partial charge in [-0.3, -0.25) is 0 Å². The molecule has 0 saturated carbocycles. The summed E-state index contributed by atoms with van der Waals surface area (Å²) in [5.41, 5.74) is -0.421. The maximum Gasteiger partial charge on any atom is 0.420 e. The van der Waals surface area contributed by atoms with E-state index in [0.29, 0.717) is 9.04 Å². The van der Waals surface area contributed by atoms with E-state index in [1.54, 1.807) is 26.8 Å². The molecule has 0 unspecified atom stereocenters. The molecule has 0 amide bonds. The first-order valence-electron chi connectivity index (χ1n) is 5.97. The summed E-state index contributed by atoms with van der Waals surface area (Å²) in [5.74, 6) is -0.869. The van der Waals surface area contributed by atoms with Crippen LogP contribution in [0.25, 0.3) is 11.0 Å². The molecule has 114 valence electrons. The average Bonchev–Trinajstić information content (AvgIpc) is 2.64. The van der Waals surface area contributed by atoms with Crippen LogP contribution in [0.5, 0.6) is 0 Å². The molecule has 1 aromatic heterocycles. The summed E-state index contributed by atoms with van der Waals surface area (Å²) >= 11 is 8.27. The number of carbonyl (C=O) groups is 1. The third kappa shape index (κ3) is 3.52. The Labute approximate surface area is 133 Å². The van der Waals surface area contributed by atoms with Crippen molar-refractivity contribution in [2.24, 2.45) is 0 Å². The summed E-state index contributed by atoms with van der Waals surface area (Å²) < 4.78 is 33.5. The van der Waals surface area contributed by atoms with Crippen molar-refractivity contribution in [1.29, 1.82) is 0 Å². The largest absolute Gasteiger partial charge is 0.443 e. The number of aromatic nitrogens is 2. The van der Waals surface area contributed by atoms with Crippen LogP contribution >= 0.6 is 27.5 Å². The maximum absolute atomic E-state index is 13.5. The van der Waals surface area contributed by atoms with Gasteiger partial charge in [-0.2, -0.15) is 8.78 Å². The molecule has 21 heavy (non-hydrogen) atoms. The minimum Gasteiger partial charge on any atom is -0.443 e. The van der Waals surface area contributed by atoms with Gasteiger partial charge in [-0.25, -0.2) is 14.3 Å². The van der Waals surface area contributed by atoms with Crippen LogP contribution in [-0.2, 0) is 10.1 Å². The summed E-state index contributed by atoms with van der Waals surface area (Å²) in [4.78, 5) is 15.9. The van der Waals surface area contributed by atoms with Gasteiger partial charge in [0.15, 0.2) is 0 Å². The van der Waals surface area contributed by atoms with E-state index in [9.17, 15) is 13.6 Å². The van der Waals surface area contributed by atoms with Crippen LogP contribution in [0.4, 0.5) is 13.6 Å². The molecule has 1 aromatic carbocycles. The Hall–Kier alpha value is -1.21. The summed E-state index contributed by atoms with van der Waals surface area (Å²) in [7, 11) is 0. The molecular formula is C13H12BrClF2N2O2. The van der Waals surface area contributed by atoms with Gasteiger partial charge in [-0.15, -0.1) is 0 Å². The first-order valence-corrected chi connectivity index (χ1v) is 7.15. The zero-order chi connectivity index (χ0) is 16.0. The molecule has 0 atom stereocenters. The second-order valence-electron chi connectivity index (χ2n) is 5.38. The van der Waals surface area contributed by atoms with E-state index in [-0.39, 0.29) is 11.0 Å². The molecule has 0 fully saturated rings. The molecule has 4 nitrogen and oxygen atoms in total. The average molecular weight is 382 g/mol. The van der Waals surface area contributed by atoms with E-state index in [0.717, 1.165) is 0 Å². The molecule has 1 heterocycles. The molecule has 0 N–H and O–H groups in total. The van der Waals surface area contributed by atoms with Gasteiger partial charge >= 0.3 is 11.5 Å². The third-order valence-corrected chi connectivity index (χ3v) is 3.11. The smallest absolute Gasteiger partial charge is 0.420 e. The lowest BCUT2D eigenvalue weighted by molar-refractivity contribution is 0.0452. The van der Waals surface area contributed by atoms with Crippen LogP contribution in [0.1, 0.15) is 26.6 Å². The molecule has 0 aliphatic heterocycles. The SMILES string of the molecule is CC(C)(C)OC(=O)n1c(C(F)(F)Cl)nc2cc(Br)ccc21. The van der Waals surface area contributed by atoms with Crippen molar-refractivity contribution in [1.82, 2.24) is 9.55 Å². The van der Waals surface area contributed by atoms with Crippen LogP contribution < -0.4 is 0 Å². The predicted molar refractivity (Wildman–Crippen MR) is 78.8 cm³/mol. The van der Waals surface area contributed by atoms with E-state index < -0.39 is 22.9 Å². The van der Waals surface area contributed by atoms with Crippen molar-refractivity contribution < 1.29 is 18.3 Å². The highest BCUT2D eigenvalue weighted by Gasteiger charge is 2.38. The Morgan fingerprint density at radius 2 is 2.00 bits per heavy atom. The quantitative estimate of drug-likeness (QED) is 0.662. The Morgan fingerprint density at radius 1 is 1.38 bits per heavy atom. The van der Waals surface area contributed by atoms with Gasteiger partial charge < -0.3 is 4.74 Å². The lowest BCUT2D eigenvalue weighted by Gasteiger charge is -2.21. The van der Waals surface area contributed by atoms with E-state index >= 15 is 0 Å². The molecule has 8 heteroatoms. The molecular weight excluding hydrogens is 370 g/mol. The highest BCUT2D eigenvalue weighted by Crippen LogP contribution is 2.35. The van der Waals surface area contributed by atoms with Gasteiger partial charge in [0.05, 0.1) is 11.0 Å². The highest BCUT2D eigenvalue weighted by atomic mass is 79.9. The molecule has 2 aromatic rings. The van der Waals surface area contributed by atoms with Crippen LogP contribution in [0.3, 0.4) is 0 Å². The number of hydrogen-bond acceptors (Lipinski definition) is 3. The van der Waals surface area contributed by atoms with Crippen molar-refractivity contribution in [3.05, 3.63) is 28.5 Å². The van der Waals surface area contributed by atoms with Crippen LogP contribution in [0, 0.1) is 0 Å². The first kappa shape index (κ1) is 16.2. The number of carbonyl (C=O) groups excluding carboxylic acids is 1. The maximum atomic E-state index is 13.5. The fourth-order valence-electron chi connectivity index (χ4n) is 1.74. The fourth-order valence-corrected chi connectivity index (χ4v) is 2.21. The van der Waals surface area contributed by atoms with E-state index in [4.69, 9.17) is 16.3 Å². The number of fused-ring (bicyclic) bond motifs is 1. The number of alkyl halides is 3. The predicted octanol–water partition coefficient (Wildman–Crippen LogP) is 4.87. The normalized spacial score (nSPS) is 12.7. The van der Waals surface area contributed by atoms with Gasteiger partial charge in [0.25, 0.3) is 0 Å². The lowest BCUT2D eigenvalue weighted by atomic mass is 10.2. The standard InChI is InChI=1S/C13H12BrClF2N2O2/c1-12(2,3)21-11(20)19-9-5-4-7(14)6-8(9)18-10(19)13(15,16)17/h4-6H,1-3H3. The number of imidazole rings is 1. The van der Waals surface area contributed by atoms with Crippen molar-refractivity contribution in [3.63, 3.8) is 0 Å². The molecule has 0 bridgehead atoms. The molecule has 0 spiro atoms. The zero-order valence-corrected chi connectivity index (χ0v) is 13.8. The Balaban J connectivity index is 2.66. The van der Waals surface area contributed by atoms with Crippen molar-refractivity contribution in [2.75, 3.05) is 0 Å². The molecule has 2 rings (SSSR count). The van der Waals surface area contributed by atoms with Gasteiger partial charge in [-0.05, 0) is 50.6 Å². The van der Waals surface area contributed by atoms with Gasteiger partial charge in [0, 0.05) is 4.47 Å². The zero-order valence-electron chi connectivity index (χ0n) is 11.5. The van der Waals surface area contributed by atoms with E-state index in [1.165, 1.54) is 12.1 Å². The summed E-state index contributed by atoms with van der Waals surface area (Å²) in [6.45, 7) is 4.91. The minimum absolute atomic E-state index is 0.197. The Morgan fingerprint density at radius 3 is 2.52 bits per heavy atom. The number of ether oxygens (including phenoxy) is 1. The summed E-state index contributed by atoms with van der Waals surface area (Å²) in [6.07, 6.45) is -0.956. The van der Waals surface area contributed by atoms with Crippen LogP contribution in [0.2, 0.25) is 0 Å². The lowest BCUT2D eigenvalue weighted by Crippen LogP contribution is -2.29. The minimum atomic E-state index is -3.79. The molecule has 0 aliphatic carbocycles. The van der Waals surface area contributed by atoms with Crippen LogP contribution in [-0.4, -0.2) is 21.2 Å². The summed E-state index contributed by atoms with van der Waals surface area (Å²) in [5, 5.41) is -3.79. The van der Waals surface area contributed by atoms with Crippen molar-refractivity contribution in [3.8, 4) is 0 Å². The second kappa shape index (κ2) is 5.21. The number of halogens is 4. The van der Waals surface area contributed by atoms with E-state index in [2.05, 4.69) is 20.9 Å². The second-order valence-corrected chi connectivity index (χ2v) is 6.77. The van der Waals surface area contributed by atoms with E-state index in [1.807, 2.05) is 0 Å². The number of rotatable bonds is 1. The highest BCUT2D eigenvalue weighted by molar-refractivity contribution is 9.10. The van der Waals surface area contributed by atoms with Crippen molar-refractivity contribution >= 4 is 44.7 Å². The Bertz CT molecular complexity index is 704. The number of nitrogens with zero attached hydrogens (tertiary/aromatic N) is 2. The fraction of sp³-hybridized carbons (Fsp3) is 0.385. The van der Waals surface area contributed by atoms with Gasteiger partial charge in [-0.1, -0.05) is 15.9 Å². The first-order chi connectivity index (χ1) is 9.49. The Kier molecular flexibility index (Phi) is 4.01. The summed E-state index contributed by atoms with van der Waals surface area (Å²) in [6, 6.07) is 4.62. The van der Waals surface area contributed by atoms with Crippen molar-refractivity contribution in [2.45, 2.75) is 31.8 Å². The van der Waals surface area contributed by atoms with Gasteiger partial charge in [0.1, 0.15) is 5.60 Å². The topological polar surface area (TPSA) is 44.1 Å². The molecule has 0 saturated heterocycles. The van der Waals surface area contributed by atoms with Gasteiger partial charge in [0.2, 0.25) is 5.82 Å².